The monoisotopic (exact) mass is 228 g/mol. The Morgan fingerprint density at radius 2 is 2.38 bits per heavy atom. The Labute approximate surface area is 98.1 Å². The number of carbonyl (C=O) groups excluding carboxylic acids is 1. The van der Waals surface area contributed by atoms with Gasteiger partial charge in [-0.15, -0.1) is 0 Å². The fourth-order valence-corrected chi connectivity index (χ4v) is 1.95. The lowest BCUT2D eigenvalue weighted by molar-refractivity contribution is -0.141. The second-order valence-corrected chi connectivity index (χ2v) is 4.63. The Morgan fingerprint density at radius 3 is 2.88 bits per heavy atom. The SMILES string of the molecule is CCC(C)(OC)C(=O)NCC[C@@H]1CCCN1. The van der Waals surface area contributed by atoms with E-state index in [9.17, 15) is 4.79 Å². The predicted octanol–water partition coefficient (Wildman–Crippen LogP) is 1.06. The van der Waals surface area contributed by atoms with E-state index < -0.39 is 5.60 Å². The van der Waals surface area contributed by atoms with Crippen molar-refractivity contribution in [3.8, 4) is 0 Å². The maximum absolute atomic E-state index is 11.8. The summed E-state index contributed by atoms with van der Waals surface area (Å²) in [5.41, 5.74) is -0.677. The van der Waals surface area contributed by atoms with Crippen LogP contribution in [0, 0.1) is 0 Å². The van der Waals surface area contributed by atoms with E-state index in [-0.39, 0.29) is 5.91 Å². The van der Waals surface area contributed by atoms with Gasteiger partial charge >= 0.3 is 0 Å². The zero-order valence-electron chi connectivity index (χ0n) is 10.6. The van der Waals surface area contributed by atoms with Gasteiger partial charge in [-0.05, 0) is 39.2 Å². The lowest BCUT2D eigenvalue weighted by Gasteiger charge is -2.25. The van der Waals surface area contributed by atoms with Gasteiger partial charge in [-0.2, -0.15) is 0 Å². The number of carbonyl (C=O) groups is 1. The minimum absolute atomic E-state index is 0.00417. The van der Waals surface area contributed by atoms with E-state index in [4.69, 9.17) is 4.74 Å². The third-order valence-electron chi connectivity index (χ3n) is 3.55. The van der Waals surface area contributed by atoms with Crippen LogP contribution in [0.1, 0.15) is 39.5 Å². The van der Waals surface area contributed by atoms with Gasteiger partial charge in [0.25, 0.3) is 5.91 Å². The van der Waals surface area contributed by atoms with Crippen molar-refractivity contribution in [2.45, 2.75) is 51.2 Å². The molecule has 1 amide bonds. The van der Waals surface area contributed by atoms with Crippen molar-refractivity contribution < 1.29 is 9.53 Å². The molecule has 2 atom stereocenters. The van der Waals surface area contributed by atoms with Gasteiger partial charge < -0.3 is 15.4 Å². The van der Waals surface area contributed by atoms with Crippen LogP contribution in [0.5, 0.6) is 0 Å². The minimum atomic E-state index is -0.677. The minimum Gasteiger partial charge on any atom is -0.369 e. The summed E-state index contributed by atoms with van der Waals surface area (Å²) >= 11 is 0. The molecule has 4 heteroatoms. The van der Waals surface area contributed by atoms with E-state index in [2.05, 4.69) is 10.6 Å². The van der Waals surface area contributed by atoms with Gasteiger partial charge in [-0.25, -0.2) is 0 Å². The third kappa shape index (κ3) is 3.46. The third-order valence-corrected chi connectivity index (χ3v) is 3.55. The molecule has 0 bridgehead atoms. The number of hydrogen-bond donors (Lipinski definition) is 2. The van der Waals surface area contributed by atoms with Crippen LogP contribution in [0.3, 0.4) is 0 Å². The van der Waals surface area contributed by atoms with Gasteiger partial charge in [-0.1, -0.05) is 6.92 Å². The largest absolute Gasteiger partial charge is 0.369 e. The van der Waals surface area contributed by atoms with Crippen LogP contribution in [-0.2, 0) is 9.53 Å². The topological polar surface area (TPSA) is 50.4 Å². The fourth-order valence-electron chi connectivity index (χ4n) is 1.95. The van der Waals surface area contributed by atoms with Gasteiger partial charge in [0.15, 0.2) is 0 Å². The van der Waals surface area contributed by atoms with Crippen LogP contribution in [0.4, 0.5) is 0 Å². The highest BCUT2D eigenvalue weighted by molar-refractivity contribution is 5.84. The van der Waals surface area contributed by atoms with E-state index in [0.717, 1.165) is 19.5 Å². The van der Waals surface area contributed by atoms with Gasteiger partial charge in [0, 0.05) is 19.7 Å². The molecule has 0 spiro atoms. The van der Waals surface area contributed by atoms with Gasteiger partial charge in [0.2, 0.25) is 0 Å². The summed E-state index contributed by atoms with van der Waals surface area (Å²) in [6, 6.07) is 0.579. The molecule has 1 aliphatic heterocycles. The van der Waals surface area contributed by atoms with Crippen LogP contribution >= 0.6 is 0 Å². The number of methoxy groups -OCH3 is 1. The molecule has 94 valence electrons. The van der Waals surface area contributed by atoms with E-state index in [1.54, 1.807) is 7.11 Å². The van der Waals surface area contributed by atoms with Crippen LogP contribution in [0.2, 0.25) is 0 Å². The Kier molecular flexibility index (Phi) is 5.22. The normalized spacial score (nSPS) is 24.1. The highest BCUT2D eigenvalue weighted by Crippen LogP contribution is 2.14. The molecule has 1 rings (SSSR count). The second kappa shape index (κ2) is 6.21. The standard InChI is InChI=1S/C12H24N2O2/c1-4-12(2,16-3)11(15)14-9-7-10-6-5-8-13-10/h10,13H,4-9H2,1-3H3,(H,14,15)/t10-,12?/m0/s1. The van der Waals surface area contributed by atoms with Gasteiger partial charge in [0.05, 0.1) is 0 Å². The molecule has 1 fully saturated rings. The predicted molar refractivity (Wildman–Crippen MR) is 64.4 cm³/mol. The molecule has 0 aromatic heterocycles. The average Bonchev–Trinajstić information content (AvgIpc) is 2.80. The van der Waals surface area contributed by atoms with Crippen molar-refractivity contribution in [2.24, 2.45) is 0 Å². The molecule has 1 unspecified atom stereocenters. The average molecular weight is 228 g/mol. The zero-order chi connectivity index (χ0) is 12.0. The first-order valence-corrected chi connectivity index (χ1v) is 6.19. The summed E-state index contributed by atoms with van der Waals surface area (Å²) in [5, 5.41) is 6.36. The number of amides is 1. The first-order chi connectivity index (χ1) is 7.62. The Balaban J connectivity index is 2.23. The molecular weight excluding hydrogens is 204 g/mol. The van der Waals surface area contributed by atoms with Crippen molar-refractivity contribution in [2.75, 3.05) is 20.2 Å². The summed E-state index contributed by atoms with van der Waals surface area (Å²) in [5.74, 6) is -0.00417. The molecule has 0 aliphatic carbocycles. The molecule has 0 saturated carbocycles. The van der Waals surface area contributed by atoms with Gasteiger partial charge in [-0.3, -0.25) is 4.79 Å². The van der Waals surface area contributed by atoms with Crippen molar-refractivity contribution >= 4 is 5.91 Å². The summed E-state index contributed by atoms with van der Waals surface area (Å²) < 4.78 is 5.24. The summed E-state index contributed by atoms with van der Waals surface area (Å²) in [7, 11) is 1.58. The fraction of sp³-hybridized carbons (Fsp3) is 0.917. The maximum Gasteiger partial charge on any atom is 0.251 e. The van der Waals surface area contributed by atoms with Crippen molar-refractivity contribution in [1.82, 2.24) is 10.6 Å². The summed E-state index contributed by atoms with van der Waals surface area (Å²) in [6.07, 6.45) is 4.18. The molecule has 16 heavy (non-hydrogen) atoms. The molecule has 1 saturated heterocycles. The van der Waals surface area contributed by atoms with Crippen LogP contribution in [0.15, 0.2) is 0 Å². The summed E-state index contributed by atoms with van der Waals surface area (Å²) in [4.78, 5) is 11.8. The molecule has 0 aromatic rings. The van der Waals surface area contributed by atoms with Crippen molar-refractivity contribution in [3.05, 3.63) is 0 Å². The highest BCUT2D eigenvalue weighted by atomic mass is 16.5. The highest BCUT2D eigenvalue weighted by Gasteiger charge is 2.30. The van der Waals surface area contributed by atoms with Crippen LogP contribution in [0.25, 0.3) is 0 Å². The quantitative estimate of drug-likeness (QED) is 0.714. The number of hydrogen-bond acceptors (Lipinski definition) is 3. The van der Waals surface area contributed by atoms with Gasteiger partial charge in [0.1, 0.15) is 5.60 Å². The molecule has 0 aromatic carbocycles. The molecule has 4 nitrogen and oxygen atoms in total. The van der Waals surface area contributed by atoms with E-state index in [1.807, 2.05) is 13.8 Å². The lowest BCUT2D eigenvalue weighted by Crippen LogP contribution is -2.46. The number of nitrogens with one attached hydrogen (secondary N) is 2. The second-order valence-electron chi connectivity index (χ2n) is 4.63. The zero-order valence-corrected chi connectivity index (χ0v) is 10.6. The van der Waals surface area contributed by atoms with Crippen LogP contribution in [-0.4, -0.2) is 37.7 Å². The Bertz CT molecular complexity index is 221. The first kappa shape index (κ1) is 13.5. The first-order valence-electron chi connectivity index (χ1n) is 6.19. The Morgan fingerprint density at radius 1 is 1.62 bits per heavy atom. The van der Waals surface area contributed by atoms with Crippen LogP contribution < -0.4 is 10.6 Å². The van der Waals surface area contributed by atoms with E-state index >= 15 is 0 Å². The van der Waals surface area contributed by atoms with Crippen molar-refractivity contribution in [1.29, 1.82) is 0 Å². The molecule has 1 heterocycles. The molecular formula is C12H24N2O2. The van der Waals surface area contributed by atoms with E-state index in [1.165, 1.54) is 12.8 Å². The molecule has 1 aliphatic rings. The van der Waals surface area contributed by atoms with E-state index in [0.29, 0.717) is 12.5 Å². The molecule has 2 N–H and O–H groups in total. The summed E-state index contributed by atoms with van der Waals surface area (Å²) in [6.45, 7) is 5.64. The molecule has 0 radical (unpaired) electrons. The smallest absolute Gasteiger partial charge is 0.251 e. The lowest BCUT2D eigenvalue weighted by atomic mass is 10.0. The maximum atomic E-state index is 11.8. The Hall–Kier alpha value is -0.610. The number of rotatable bonds is 6. The number of ether oxygens (including phenoxy) is 1. The van der Waals surface area contributed by atoms with Crippen molar-refractivity contribution in [3.63, 3.8) is 0 Å².